The molecule has 2 rings (SSSR count). The van der Waals surface area contributed by atoms with E-state index in [-0.39, 0.29) is 22.5 Å². The van der Waals surface area contributed by atoms with Gasteiger partial charge in [-0.25, -0.2) is 4.98 Å². The van der Waals surface area contributed by atoms with Gasteiger partial charge >= 0.3 is 0 Å². The van der Waals surface area contributed by atoms with Crippen LogP contribution in [0.25, 0.3) is 0 Å². The number of rotatable bonds is 4. The molecule has 0 atom stereocenters. The number of hydrogen-bond acceptors (Lipinski definition) is 4. The summed E-state index contributed by atoms with van der Waals surface area (Å²) >= 11 is 5.94. The van der Waals surface area contributed by atoms with E-state index in [0.717, 1.165) is 0 Å². The Balaban J connectivity index is 2.38. The monoisotopic (exact) mass is 291 g/mol. The summed E-state index contributed by atoms with van der Waals surface area (Å²) in [4.78, 5) is 19.7. The van der Waals surface area contributed by atoms with Gasteiger partial charge in [0.05, 0.1) is 5.56 Å². The molecule has 0 spiro atoms. The first kappa shape index (κ1) is 14.3. The SMILES string of the molecule is CC(C)c1nc(Cl)cc(Oc2ccccc2C(N)=O)n1. The van der Waals surface area contributed by atoms with Gasteiger partial charge in [0.2, 0.25) is 5.88 Å². The van der Waals surface area contributed by atoms with Gasteiger partial charge in [0.25, 0.3) is 5.91 Å². The molecule has 0 saturated carbocycles. The van der Waals surface area contributed by atoms with Crippen molar-refractivity contribution in [3.05, 3.63) is 46.9 Å². The van der Waals surface area contributed by atoms with Gasteiger partial charge in [0, 0.05) is 12.0 Å². The van der Waals surface area contributed by atoms with Crippen molar-refractivity contribution in [3.8, 4) is 11.6 Å². The Morgan fingerprint density at radius 3 is 2.65 bits per heavy atom. The lowest BCUT2D eigenvalue weighted by molar-refractivity contribution is 0.0998. The summed E-state index contributed by atoms with van der Waals surface area (Å²) in [5.41, 5.74) is 5.58. The van der Waals surface area contributed by atoms with E-state index in [2.05, 4.69) is 9.97 Å². The molecule has 104 valence electrons. The van der Waals surface area contributed by atoms with E-state index < -0.39 is 5.91 Å². The molecule has 1 aromatic carbocycles. The number of ether oxygens (including phenoxy) is 1. The molecular weight excluding hydrogens is 278 g/mol. The molecule has 0 radical (unpaired) electrons. The standard InChI is InChI=1S/C14H14ClN3O2/c1-8(2)14-17-11(15)7-12(18-14)20-10-6-4-3-5-9(10)13(16)19/h3-8H,1-2H3,(H2,16,19). The minimum atomic E-state index is -0.565. The maximum atomic E-state index is 11.3. The van der Waals surface area contributed by atoms with Crippen LogP contribution in [0.3, 0.4) is 0 Å². The molecule has 20 heavy (non-hydrogen) atoms. The van der Waals surface area contributed by atoms with Crippen molar-refractivity contribution in [2.75, 3.05) is 0 Å². The average Bonchev–Trinajstić information content (AvgIpc) is 2.38. The van der Waals surface area contributed by atoms with E-state index in [1.807, 2.05) is 13.8 Å². The molecule has 0 fully saturated rings. The van der Waals surface area contributed by atoms with Crippen LogP contribution in [0, 0.1) is 0 Å². The van der Waals surface area contributed by atoms with Gasteiger partial charge in [-0.2, -0.15) is 4.98 Å². The van der Waals surface area contributed by atoms with Crippen LogP contribution in [0.2, 0.25) is 5.15 Å². The zero-order valence-corrected chi connectivity index (χ0v) is 11.9. The maximum Gasteiger partial charge on any atom is 0.252 e. The van der Waals surface area contributed by atoms with Crippen molar-refractivity contribution in [1.82, 2.24) is 9.97 Å². The molecule has 0 aliphatic rings. The highest BCUT2D eigenvalue weighted by atomic mass is 35.5. The minimum Gasteiger partial charge on any atom is -0.438 e. The van der Waals surface area contributed by atoms with Gasteiger partial charge in [-0.15, -0.1) is 0 Å². The van der Waals surface area contributed by atoms with Gasteiger partial charge in [0.1, 0.15) is 16.7 Å². The number of hydrogen-bond donors (Lipinski definition) is 1. The molecule has 0 saturated heterocycles. The third kappa shape index (κ3) is 3.24. The Bertz CT molecular complexity index is 644. The molecular formula is C14H14ClN3O2. The lowest BCUT2D eigenvalue weighted by atomic mass is 10.2. The molecule has 6 heteroatoms. The van der Waals surface area contributed by atoms with E-state index >= 15 is 0 Å². The van der Waals surface area contributed by atoms with E-state index in [4.69, 9.17) is 22.1 Å². The summed E-state index contributed by atoms with van der Waals surface area (Å²) < 4.78 is 5.61. The number of benzene rings is 1. The van der Waals surface area contributed by atoms with Crippen molar-refractivity contribution in [3.63, 3.8) is 0 Å². The van der Waals surface area contributed by atoms with Gasteiger partial charge in [0.15, 0.2) is 0 Å². The topological polar surface area (TPSA) is 78.1 Å². The predicted molar refractivity (Wildman–Crippen MR) is 76.2 cm³/mol. The molecule has 1 aromatic heterocycles. The average molecular weight is 292 g/mol. The third-order valence-electron chi connectivity index (χ3n) is 2.57. The third-order valence-corrected chi connectivity index (χ3v) is 2.77. The molecule has 0 aliphatic heterocycles. The van der Waals surface area contributed by atoms with Crippen LogP contribution in [0.1, 0.15) is 35.9 Å². The molecule has 0 bridgehead atoms. The Kier molecular flexibility index (Phi) is 4.20. The molecule has 2 aromatic rings. The van der Waals surface area contributed by atoms with Gasteiger partial charge in [-0.1, -0.05) is 37.6 Å². The number of carbonyl (C=O) groups is 1. The summed E-state index contributed by atoms with van der Waals surface area (Å²) in [6.45, 7) is 3.90. The Morgan fingerprint density at radius 2 is 2.00 bits per heavy atom. The fourth-order valence-electron chi connectivity index (χ4n) is 1.60. The van der Waals surface area contributed by atoms with Crippen LogP contribution in [-0.2, 0) is 0 Å². The molecule has 0 aliphatic carbocycles. The maximum absolute atomic E-state index is 11.3. The van der Waals surface area contributed by atoms with Crippen molar-refractivity contribution in [1.29, 1.82) is 0 Å². The molecule has 1 heterocycles. The summed E-state index contributed by atoms with van der Waals surface area (Å²) in [7, 11) is 0. The molecule has 5 nitrogen and oxygen atoms in total. The zero-order valence-electron chi connectivity index (χ0n) is 11.1. The smallest absolute Gasteiger partial charge is 0.252 e. The lowest BCUT2D eigenvalue weighted by Gasteiger charge is -2.10. The number of para-hydroxylation sites is 1. The van der Waals surface area contributed by atoms with Crippen LogP contribution in [0.15, 0.2) is 30.3 Å². The fraction of sp³-hybridized carbons (Fsp3) is 0.214. The largest absolute Gasteiger partial charge is 0.438 e. The van der Waals surface area contributed by atoms with Crippen LogP contribution in [0.4, 0.5) is 0 Å². The minimum absolute atomic E-state index is 0.113. The number of nitrogens with zero attached hydrogens (tertiary/aromatic N) is 2. The summed E-state index contributed by atoms with van der Waals surface area (Å²) in [6, 6.07) is 8.17. The number of carbonyl (C=O) groups excluding carboxylic acids is 1. The summed E-state index contributed by atoms with van der Waals surface area (Å²) in [5, 5.41) is 0.287. The molecule has 0 unspecified atom stereocenters. The fourth-order valence-corrected chi connectivity index (χ4v) is 1.78. The van der Waals surface area contributed by atoms with E-state index in [1.54, 1.807) is 24.3 Å². The predicted octanol–water partition coefficient (Wildman–Crippen LogP) is 3.14. The first-order valence-corrected chi connectivity index (χ1v) is 6.46. The highest BCUT2D eigenvalue weighted by molar-refractivity contribution is 6.29. The Morgan fingerprint density at radius 1 is 1.30 bits per heavy atom. The Hall–Kier alpha value is -2.14. The quantitative estimate of drug-likeness (QED) is 0.878. The first-order chi connectivity index (χ1) is 9.47. The number of halogens is 1. The highest BCUT2D eigenvalue weighted by Crippen LogP contribution is 2.26. The Labute approximate surface area is 121 Å². The van der Waals surface area contributed by atoms with Crippen molar-refractivity contribution in [2.45, 2.75) is 19.8 Å². The number of nitrogens with two attached hydrogens (primary N) is 1. The first-order valence-electron chi connectivity index (χ1n) is 6.08. The summed E-state index contributed by atoms with van der Waals surface area (Å²) in [5.74, 6) is 0.739. The number of primary amides is 1. The van der Waals surface area contributed by atoms with E-state index in [1.165, 1.54) is 6.07 Å². The second-order valence-electron chi connectivity index (χ2n) is 4.50. The molecule has 2 N–H and O–H groups in total. The lowest BCUT2D eigenvalue weighted by Crippen LogP contribution is -2.12. The van der Waals surface area contributed by atoms with Gasteiger partial charge in [-0.3, -0.25) is 4.79 Å². The second kappa shape index (κ2) is 5.88. The van der Waals surface area contributed by atoms with Crippen LogP contribution >= 0.6 is 11.6 Å². The van der Waals surface area contributed by atoms with Gasteiger partial charge in [-0.05, 0) is 12.1 Å². The van der Waals surface area contributed by atoms with Crippen LogP contribution in [-0.4, -0.2) is 15.9 Å². The number of amides is 1. The highest BCUT2D eigenvalue weighted by Gasteiger charge is 2.12. The van der Waals surface area contributed by atoms with Gasteiger partial charge < -0.3 is 10.5 Å². The van der Waals surface area contributed by atoms with E-state index in [9.17, 15) is 4.79 Å². The van der Waals surface area contributed by atoms with Crippen molar-refractivity contribution in [2.24, 2.45) is 5.73 Å². The normalized spacial score (nSPS) is 10.6. The van der Waals surface area contributed by atoms with Crippen LogP contribution in [0.5, 0.6) is 11.6 Å². The number of aromatic nitrogens is 2. The van der Waals surface area contributed by atoms with Crippen molar-refractivity contribution >= 4 is 17.5 Å². The zero-order chi connectivity index (χ0) is 14.7. The second-order valence-corrected chi connectivity index (χ2v) is 4.89. The summed E-state index contributed by atoms with van der Waals surface area (Å²) in [6.07, 6.45) is 0. The van der Waals surface area contributed by atoms with Crippen molar-refractivity contribution < 1.29 is 9.53 Å². The van der Waals surface area contributed by atoms with E-state index in [0.29, 0.717) is 11.6 Å². The molecule has 1 amide bonds. The van der Waals surface area contributed by atoms with Crippen LogP contribution < -0.4 is 10.5 Å².